The molecule has 0 saturated heterocycles. The molecular formula is C30H32ClN3O5S. The lowest BCUT2D eigenvalue weighted by Crippen LogP contribution is -2.51. The molecule has 0 aromatic heterocycles. The highest BCUT2D eigenvalue weighted by Crippen LogP contribution is 2.30. The maximum atomic E-state index is 13.8. The number of carbonyl (C=O) groups excluding carboxylic acids is 3. The summed E-state index contributed by atoms with van der Waals surface area (Å²) in [7, 11) is -4.06. The third kappa shape index (κ3) is 6.71. The SMILES string of the molecule is CC(C)CNC(=O)[C@H](Cc1ccccc1)N(Cc1ccc(Cl)cc1)C(=O)CCN1C(=O)c2ccccc2S1(=O)=O. The standard InChI is InChI=1S/C30H32ClN3O5S/c1-21(2)19-32-29(36)26(18-22-8-4-3-5-9-22)33(20-23-12-14-24(31)15-13-23)28(35)16-17-34-30(37)25-10-6-7-11-27(25)40(34,38)39/h3-15,21,26H,16-20H2,1-2H3,(H,32,36)/t26-/m0/s1. The van der Waals surface area contributed by atoms with E-state index in [-0.39, 0.29) is 48.2 Å². The van der Waals surface area contributed by atoms with Gasteiger partial charge in [0.2, 0.25) is 11.8 Å². The van der Waals surface area contributed by atoms with Crippen LogP contribution in [0.25, 0.3) is 0 Å². The number of amides is 3. The summed E-state index contributed by atoms with van der Waals surface area (Å²) in [5.41, 5.74) is 1.71. The van der Waals surface area contributed by atoms with Gasteiger partial charge in [-0.25, -0.2) is 12.7 Å². The van der Waals surface area contributed by atoms with Crippen molar-refractivity contribution < 1.29 is 22.8 Å². The Morgan fingerprint density at radius 1 is 0.925 bits per heavy atom. The molecule has 1 aliphatic heterocycles. The van der Waals surface area contributed by atoms with Crippen molar-refractivity contribution in [2.24, 2.45) is 5.92 Å². The smallest absolute Gasteiger partial charge is 0.269 e. The largest absolute Gasteiger partial charge is 0.354 e. The van der Waals surface area contributed by atoms with Gasteiger partial charge < -0.3 is 10.2 Å². The van der Waals surface area contributed by atoms with Crippen LogP contribution in [0.4, 0.5) is 0 Å². The predicted molar refractivity (Wildman–Crippen MR) is 153 cm³/mol. The molecule has 0 spiro atoms. The lowest BCUT2D eigenvalue weighted by Gasteiger charge is -2.32. The molecule has 0 saturated carbocycles. The molecule has 0 fully saturated rings. The van der Waals surface area contributed by atoms with Gasteiger partial charge in [-0.3, -0.25) is 14.4 Å². The third-order valence-corrected chi connectivity index (χ3v) is 8.76. The molecule has 1 aliphatic rings. The average Bonchev–Trinajstić information content (AvgIpc) is 3.14. The number of hydrogen-bond donors (Lipinski definition) is 1. The minimum Gasteiger partial charge on any atom is -0.354 e. The van der Waals surface area contributed by atoms with Crippen molar-refractivity contribution in [2.75, 3.05) is 13.1 Å². The maximum absolute atomic E-state index is 13.8. The van der Waals surface area contributed by atoms with E-state index in [1.807, 2.05) is 44.2 Å². The first-order valence-electron chi connectivity index (χ1n) is 13.1. The molecule has 3 amide bonds. The van der Waals surface area contributed by atoms with Gasteiger partial charge in [0.1, 0.15) is 10.9 Å². The van der Waals surface area contributed by atoms with Crippen molar-refractivity contribution >= 4 is 39.3 Å². The summed E-state index contributed by atoms with van der Waals surface area (Å²) in [4.78, 5) is 41.6. The Hall–Kier alpha value is -3.69. The number of nitrogens with one attached hydrogen (secondary N) is 1. The second kappa shape index (κ2) is 12.7. The number of nitrogens with zero attached hydrogens (tertiary/aromatic N) is 2. The highest BCUT2D eigenvalue weighted by Gasteiger charge is 2.41. The molecule has 3 aromatic carbocycles. The molecule has 3 aromatic rings. The summed E-state index contributed by atoms with van der Waals surface area (Å²) < 4.78 is 26.8. The third-order valence-electron chi connectivity index (χ3n) is 6.66. The highest BCUT2D eigenvalue weighted by molar-refractivity contribution is 7.90. The van der Waals surface area contributed by atoms with Crippen LogP contribution in [-0.4, -0.2) is 54.5 Å². The van der Waals surface area contributed by atoms with Gasteiger partial charge in [-0.2, -0.15) is 0 Å². The van der Waals surface area contributed by atoms with Gasteiger partial charge in [0.15, 0.2) is 0 Å². The number of hydrogen-bond acceptors (Lipinski definition) is 5. The zero-order valence-electron chi connectivity index (χ0n) is 22.4. The number of rotatable bonds is 11. The van der Waals surface area contributed by atoms with E-state index in [0.29, 0.717) is 11.6 Å². The Balaban J connectivity index is 1.63. The zero-order chi connectivity index (χ0) is 28.9. The maximum Gasteiger partial charge on any atom is 0.269 e. The van der Waals surface area contributed by atoms with E-state index in [4.69, 9.17) is 11.6 Å². The van der Waals surface area contributed by atoms with E-state index in [9.17, 15) is 22.8 Å². The fourth-order valence-corrected chi connectivity index (χ4v) is 6.25. The molecule has 0 aliphatic carbocycles. The van der Waals surface area contributed by atoms with Crippen LogP contribution in [0.15, 0.2) is 83.8 Å². The molecule has 40 heavy (non-hydrogen) atoms. The van der Waals surface area contributed by atoms with Crippen LogP contribution in [0.1, 0.15) is 41.8 Å². The minimum atomic E-state index is -4.06. The normalized spacial score (nSPS) is 14.6. The molecule has 0 unspecified atom stereocenters. The van der Waals surface area contributed by atoms with Crippen molar-refractivity contribution in [3.8, 4) is 0 Å². The van der Waals surface area contributed by atoms with Crippen molar-refractivity contribution in [1.29, 1.82) is 0 Å². The Morgan fingerprint density at radius 2 is 1.57 bits per heavy atom. The number of fused-ring (bicyclic) bond motifs is 1. The first-order valence-corrected chi connectivity index (χ1v) is 14.9. The van der Waals surface area contributed by atoms with Crippen molar-refractivity contribution in [1.82, 2.24) is 14.5 Å². The van der Waals surface area contributed by atoms with Gasteiger partial charge in [0, 0.05) is 37.5 Å². The van der Waals surface area contributed by atoms with Crippen LogP contribution in [0, 0.1) is 5.92 Å². The summed E-state index contributed by atoms with van der Waals surface area (Å²) in [5.74, 6) is -1.22. The van der Waals surface area contributed by atoms with Crippen LogP contribution in [0.5, 0.6) is 0 Å². The Bertz CT molecular complexity index is 1480. The fraction of sp³-hybridized carbons (Fsp3) is 0.300. The summed E-state index contributed by atoms with van der Waals surface area (Å²) >= 11 is 6.06. The first kappa shape index (κ1) is 29.3. The van der Waals surface area contributed by atoms with E-state index < -0.39 is 27.9 Å². The van der Waals surface area contributed by atoms with Crippen molar-refractivity contribution in [3.63, 3.8) is 0 Å². The Labute approximate surface area is 240 Å². The van der Waals surface area contributed by atoms with Gasteiger partial charge in [-0.05, 0) is 41.3 Å². The fourth-order valence-electron chi connectivity index (χ4n) is 4.56. The van der Waals surface area contributed by atoms with Crippen molar-refractivity contribution in [3.05, 3.63) is 101 Å². The summed E-state index contributed by atoms with van der Waals surface area (Å²) in [6.45, 7) is 4.16. The predicted octanol–water partition coefficient (Wildman–Crippen LogP) is 4.29. The zero-order valence-corrected chi connectivity index (χ0v) is 24.0. The monoisotopic (exact) mass is 581 g/mol. The van der Waals surface area contributed by atoms with Gasteiger partial charge >= 0.3 is 0 Å². The van der Waals surface area contributed by atoms with E-state index in [1.54, 1.807) is 36.4 Å². The number of carbonyl (C=O) groups is 3. The molecule has 0 radical (unpaired) electrons. The highest BCUT2D eigenvalue weighted by atomic mass is 35.5. The summed E-state index contributed by atoms with van der Waals surface area (Å²) in [6.07, 6.45) is -0.0220. The molecule has 1 heterocycles. The van der Waals surface area contributed by atoms with Gasteiger partial charge in [0.05, 0.1) is 5.56 Å². The topological polar surface area (TPSA) is 104 Å². The molecule has 8 nitrogen and oxygen atoms in total. The van der Waals surface area contributed by atoms with Crippen LogP contribution >= 0.6 is 11.6 Å². The van der Waals surface area contributed by atoms with Crippen LogP contribution in [-0.2, 0) is 32.6 Å². The number of halogens is 1. The second-order valence-corrected chi connectivity index (χ2v) is 12.4. The van der Waals surface area contributed by atoms with Crippen LogP contribution in [0.3, 0.4) is 0 Å². The first-order chi connectivity index (χ1) is 19.1. The Morgan fingerprint density at radius 3 is 2.23 bits per heavy atom. The summed E-state index contributed by atoms with van der Waals surface area (Å²) in [6, 6.07) is 21.5. The van der Waals surface area contributed by atoms with Gasteiger partial charge in [0.25, 0.3) is 15.9 Å². The average molecular weight is 582 g/mol. The van der Waals surface area contributed by atoms with E-state index in [1.165, 1.54) is 17.0 Å². The minimum absolute atomic E-state index is 0.0690. The van der Waals surface area contributed by atoms with E-state index in [0.717, 1.165) is 15.4 Å². The lowest BCUT2D eigenvalue weighted by atomic mass is 10.0. The molecule has 0 bridgehead atoms. The second-order valence-electron chi connectivity index (χ2n) is 10.1. The molecular weight excluding hydrogens is 550 g/mol. The van der Waals surface area contributed by atoms with Gasteiger partial charge in [-0.1, -0.05) is 80.0 Å². The van der Waals surface area contributed by atoms with Crippen LogP contribution < -0.4 is 5.32 Å². The molecule has 1 atom stereocenters. The molecule has 4 rings (SSSR count). The number of benzene rings is 3. The molecule has 10 heteroatoms. The quantitative estimate of drug-likeness (QED) is 0.364. The van der Waals surface area contributed by atoms with Crippen LogP contribution in [0.2, 0.25) is 5.02 Å². The van der Waals surface area contributed by atoms with Crippen molar-refractivity contribution in [2.45, 2.75) is 44.2 Å². The summed E-state index contributed by atoms with van der Waals surface area (Å²) in [5, 5.41) is 3.48. The van der Waals surface area contributed by atoms with E-state index >= 15 is 0 Å². The molecule has 1 N–H and O–H groups in total. The van der Waals surface area contributed by atoms with E-state index in [2.05, 4.69) is 5.32 Å². The van der Waals surface area contributed by atoms with Gasteiger partial charge in [-0.15, -0.1) is 0 Å². The number of sulfonamides is 1. The Kier molecular flexibility index (Phi) is 9.27. The lowest BCUT2D eigenvalue weighted by molar-refractivity contribution is -0.141. The molecule has 210 valence electrons.